The van der Waals surface area contributed by atoms with E-state index in [1.54, 1.807) is 7.05 Å². The van der Waals surface area contributed by atoms with Crippen LogP contribution in [-0.2, 0) is 20.1 Å². The first-order chi connectivity index (χ1) is 18.0. The van der Waals surface area contributed by atoms with E-state index >= 15 is 0 Å². The molecule has 0 amide bonds. The van der Waals surface area contributed by atoms with Crippen LogP contribution in [0.4, 0.5) is 5.95 Å². The number of benzene rings is 3. The number of nitrogens with zero attached hydrogens (tertiary/aromatic N) is 5. The summed E-state index contributed by atoms with van der Waals surface area (Å²) in [7, 11) is 1.65. The van der Waals surface area contributed by atoms with Gasteiger partial charge in [0.05, 0.1) is 6.54 Å². The first-order valence-corrected chi connectivity index (χ1v) is 12.7. The second-order valence-electron chi connectivity index (χ2n) is 9.82. The lowest BCUT2D eigenvalue weighted by atomic mass is 10.0. The summed E-state index contributed by atoms with van der Waals surface area (Å²) in [5.74, 6) is 0.731. The van der Waals surface area contributed by atoms with E-state index in [-0.39, 0.29) is 0 Å². The molecular formula is C29H30N6O2. The summed E-state index contributed by atoms with van der Waals surface area (Å²) in [5.41, 5.74) is 3.58. The molecule has 8 nitrogen and oxygen atoms in total. The van der Waals surface area contributed by atoms with Crippen molar-refractivity contribution < 1.29 is 0 Å². The van der Waals surface area contributed by atoms with E-state index < -0.39 is 11.2 Å². The topological polar surface area (TPSA) is 79.2 Å². The van der Waals surface area contributed by atoms with Crippen LogP contribution in [0.15, 0.2) is 76.3 Å². The standard InChI is InChI=1S/C29H30N6O2/c1-20-8-3-4-10-22(20)19-35-25-26(32(2)29(37)31-27(25)36)30-28(35)34-16-14-33(15-17-34)18-23-12-7-11-21-9-5-6-13-24(21)23/h3-13H,14-19H2,1-2H3,(H,31,36,37). The molecule has 0 unspecified atom stereocenters. The minimum absolute atomic E-state index is 0.403. The molecule has 6 rings (SSSR count). The Balaban J connectivity index is 1.31. The molecule has 3 heterocycles. The van der Waals surface area contributed by atoms with Crippen molar-refractivity contribution in [2.24, 2.45) is 7.05 Å². The van der Waals surface area contributed by atoms with Gasteiger partial charge in [-0.1, -0.05) is 66.7 Å². The molecule has 1 N–H and O–H groups in total. The van der Waals surface area contributed by atoms with E-state index in [9.17, 15) is 9.59 Å². The Morgan fingerprint density at radius 1 is 0.838 bits per heavy atom. The fourth-order valence-electron chi connectivity index (χ4n) is 5.35. The molecule has 1 saturated heterocycles. The first kappa shape index (κ1) is 23.2. The summed E-state index contributed by atoms with van der Waals surface area (Å²) in [6.07, 6.45) is 0. The Bertz CT molecular complexity index is 1720. The van der Waals surface area contributed by atoms with Gasteiger partial charge in [0.15, 0.2) is 11.2 Å². The summed E-state index contributed by atoms with van der Waals surface area (Å²) in [6.45, 7) is 6.80. The summed E-state index contributed by atoms with van der Waals surface area (Å²) in [5, 5.41) is 2.56. The molecule has 3 aromatic carbocycles. The zero-order valence-electron chi connectivity index (χ0n) is 21.1. The molecule has 8 heteroatoms. The average molecular weight is 495 g/mol. The summed E-state index contributed by atoms with van der Waals surface area (Å²) in [6, 6.07) is 23.2. The quantitative estimate of drug-likeness (QED) is 0.406. The minimum atomic E-state index is -0.454. The highest BCUT2D eigenvalue weighted by atomic mass is 16.2. The summed E-state index contributed by atoms with van der Waals surface area (Å²) in [4.78, 5) is 37.3. The number of aromatic amines is 1. The van der Waals surface area contributed by atoms with Crippen LogP contribution in [0.25, 0.3) is 21.9 Å². The fraction of sp³-hybridized carbons (Fsp3) is 0.276. The van der Waals surface area contributed by atoms with E-state index in [4.69, 9.17) is 4.98 Å². The molecule has 0 bridgehead atoms. The zero-order chi connectivity index (χ0) is 25.5. The molecule has 0 spiro atoms. The molecule has 1 fully saturated rings. The number of imidazole rings is 1. The van der Waals surface area contributed by atoms with Crippen LogP contribution >= 0.6 is 0 Å². The predicted octanol–water partition coefficient (Wildman–Crippen LogP) is 3.26. The monoisotopic (exact) mass is 494 g/mol. The second-order valence-corrected chi connectivity index (χ2v) is 9.82. The molecule has 5 aromatic rings. The molecular weight excluding hydrogens is 464 g/mol. The van der Waals surface area contributed by atoms with E-state index in [1.165, 1.54) is 20.9 Å². The third kappa shape index (κ3) is 4.23. The maximum absolute atomic E-state index is 12.9. The molecule has 1 aliphatic heterocycles. The van der Waals surface area contributed by atoms with Gasteiger partial charge in [-0.15, -0.1) is 0 Å². The molecule has 0 saturated carbocycles. The number of hydrogen-bond donors (Lipinski definition) is 1. The van der Waals surface area contributed by atoms with Gasteiger partial charge in [0.2, 0.25) is 5.95 Å². The lowest BCUT2D eigenvalue weighted by molar-refractivity contribution is 0.249. The third-order valence-corrected chi connectivity index (χ3v) is 7.51. The van der Waals surface area contributed by atoms with Crippen molar-refractivity contribution in [2.75, 3.05) is 31.1 Å². The van der Waals surface area contributed by atoms with Crippen LogP contribution in [0.5, 0.6) is 0 Å². The first-order valence-electron chi connectivity index (χ1n) is 12.7. The van der Waals surface area contributed by atoms with Gasteiger partial charge in [-0.2, -0.15) is 4.98 Å². The van der Waals surface area contributed by atoms with E-state index in [0.29, 0.717) is 17.7 Å². The summed E-state index contributed by atoms with van der Waals surface area (Å²) < 4.78 is 3.39. The van der Waals surface area contributed by atoms with Crippen molar-refractivity contribution in [3.05, 3.63) is 104 Å². The summed E-state index contributed by atoms with van der Waals surface area (Å²) >= 11 is 0. The predicted molar refractivity (Wildman–Crippen MR) is 147 cm³/mol. The van der Waals surface area contributed by atoms with E-state index in [1.807, 2.05) is 16.7 Å². The maximum Gasteiger partial charge on any atom is 0.329 e. The molecule has 0 aliphatic carbocycles. The number of fused-ring (bicyclic) bond motifs is 2. The number of H-pyrrole nitrogens is 1. The zero-order valence-corrected chi connectivity index (χ0v) is 21.1. The van der Waals surface area contributed by atoms with Crippen LogP contribution in [-0.4, -0.2) is 50.2 Å². The number of hydrogen-bond acceptors (Lipinski definition) is 5. The van der Waals surface area contributed by atoms with Gasteiger partial charge in [0.1, 0.15) is 0 Å². The van der Waals surface area contributed by atoms with Crippen molar-refractivity contribution in [3.8, 4) is 0 Å². The van der Waals surface area contributed by atoms with Crippen LogP contribution in [0.3, 0.4) is 0 Å². The van der Waals surface area contributed by atoms with Crippen LogP contribution in [0, 0.1) is 6.92 Å². The van der Waals surface area contributed by atoms with Crippen molar-refractivity contribution in [1.29, 1.82) is 0 Å². The highest BCUT2D eigenvalue weighted by Crippen LogP contribution is 2.25. The lowest BCUT2D eigenvalue weighted by Crippen LogP contribution is -2.47. The second kappa shape index (κ2) is 9.37. The van der Waals surface area contributed by atoms with Gasteiger partial charge in [-0.3, -0.25) is 23.8 Å². The number of piperazine rings is 1. The molecule has 37 heavy (non-hydrogen) atoms. The number of anilines is 1. The van der Waals surface area contributed by atoms with Gasteiger partial charge in [-0.25, -0.2) is 4.79 Å². The highest BCUT2D eigenvalue weighted by Gasteiger charge is 2.25. The molecule has 1 aliphatic rings. The molecule has 0 atom stereocenters. The van der Waals surface area contributed by atoms with Crippen LogP contribution < -0.4 is 16.1 Å². The van der Waals surface area contributed by atoms with Crippen LogP contribution in [0.2, 0.25) is 0 Å². The molecule has 0 radical (unpaired) electrons. The normalized spacial score (nSPS) is 14.6. The Labute approximate surface area is 214 Å². The fourth-order valence-corrected chi connectivity index (χ4v) is 5.35. The average Bonchev–Trinajstić information content (AvgIpc) is 3.29. The Hall–Kier alpha value is -4.17. The van der Waals surface area contributed by atoms with Crippen molar-refractivity contribution in [3.63, 3.8) is 0 Å². The number of nitrogens with one attached hydrogen (secondary N) is 1. The molecule has 188 valence electrons. The van der Waals surface area contributed by atoms with Gasteiger partial charge in [-0.05, 0) is 34.4 Å². The van der Waals surface area contributed by atoms with Crippen molar-refractivity contribution in [1.82, 2.24) is 24.0 Å². The van der Waals surface area contributed by atoms with Crippen LogP contribution in [0.1, 0.15) is 16.7 Å². The SMILES string of the molecule is Cc1ccccc1Cn1c(N2CCN(Cc3cccc4ccccc34)CC2)nc2c1c(=O)[nH]c(=O)n2C. The van der Waals surface area contributed by atoms with Gasteiger partial charge in [0, 0.05) is 39.8 Å². The smallest absolute Gasteiger partial charge is 0.329 e. The number of aromatic nitrogens is 4. The van der Waals surface area contributed by atoms with Gasteiger partial charge < -0.3 is 4.90 Å². The Morgan fingerprint density at radius 2 is 1.54 bits per heavy atom. The molecule has 2 aromatic heterocycles. The number of rotatable bonds is 5. The van der Waals surface area contributed by atoms with E-state index in [2.05, 4.69) is 76.3 Å². The van der Waals surface area contributed by atoms with Gasteiger partial charge >= 0.3 is 5.69 Å². The minimum Gasteiger partial charge on any atom is -0.340 e. The van der Waals surface area contributed by atoms with Crippen molar-refractivity contribution in [2.45, 2.75) is 20.0 Å². The third-order valence-electron chi connectivity index (χ3n) is 7.51. The highest BCUT2D eigenvalue weighted by molar-refractivity contribution is 5.85. The maximum atomic E-state index is 12.9. The lowest BCUT2D eigenvalue weighted by Gasteiger charge is -2.35. The van der Waals surface area contributed by atoms with Gasteiger partial charge in [0.25, 0.3) is 5.56 Å². The van der Waals surface area contributed by atoms with Crippen molar-refractivity contribution >= 4 is 27.9 Å². The van der Waals surface area contributed by atoms with E-state index in [0.717, 1.165) is 49.8 Å². The Morgan fingerprint density at radius 3 is 2.35 bits per heavy atom. The number of aryl methyl sites for hydroxylation is 2. The Kier molecular flexibility index (Phi) is 5.88. The largest absolute Gasteiger partial charge is 0.340 e.